The summed E-state index contributed by atoms with van der Waals surface area (Å²) >= 11 is 0. The molecule has 4 heteroatoms. The molecule has 0 aliphatic heterocycles. The summed E-state index contributed by atoms with van der Waals surface area (Å²) in [6, 6.07) is 2.67. The van der Waals surface area contributed by atoms with Crippen LogP contribution in [0.25, 0.3) is 0 Å². The van der Waals surface area contributed by atoms with Crippen molar-refractivity contribution in [1.82, 2.24) is 0 Å². The number of hydrogen-bond donors (Lipinski definition) is 0. The Balaban J connectivity index is 1.47. The highest BCUT2D eigenvalue weighted by molar-refractivity contribution is 5.33. The maximum absolute atomic E-state index is 14.0. The number of halogens is 3. The van der Waals surface area contributed by atoms with Gasteiger partial charge in [-0.2, -0.15) is 0 Å². The van der Waals surface area contributed by atoms with E-state index in [-0.39, 0.29) is 5.92 Å². The molecule has 2 fully saturated rings. The molecule has 1 aromatic rings. The number of benzene rings is 1. The van der Waals surface area contributed by atoms with Crippen LogP contribution in [-0.2, 0) is 0 Å². The second-order valence-corrected chi connectivity index (χ2v) is 8.96. The molecule has 0 spiro atoms. The van der Waals surface area contributed by atoms with Crippen molar-refractivity contribution in [3.8, 4) is 5.75 Å². The molecule has 1 nitrogen and oxygen atoms in total. The van der Waals surface area contributed by atoms with Crippen molar-refractivity contribution >= 4 is 0 Å². The third-order valence-electron chi connectivity index (χ3n) is 7.24. The van der Waals surface area contributed by atoms with Crippen LogP contribution in [-0.4, -0.2) is 6.86 Å². The van der Waals surface area contributed by atoms with E-state index in [0.717, 1.165) is 43.4 Å². The van der Waals surface area contributed by atoms with Gasteiger partial charge in [-0.15, -0.1) is 0 Å². The predicted octanol–water partition coefficient (Wildman–Crippen LogP) is 7.93. The standard InChI is InChI=1S/C24H35F3O/c1-2-3-4-5-17-6-8-18(9-7-17)19-10-12-20(13-11-19)21-14-22(26)24(28-16-25)23(27)15-21/h14-15,17-20H,2-13,16H2,1H3. The van der Waals surface area contributed by atoms with Crippen LogP contribution >= 0.6 is 0 Å². The highest BCUT2D eigenvalue weighted by Gasteiger charge is 2.31. The Morgan fingerprint density at radius 3 is 1.96 bits per heavy atom. The van der Waals surface area contributed by atoms with Crippen molar-refractivity contribution in [2.75, 3.05) is 6.86 Å². The third-order valence-corrected chi connectivity index (χ3v) is 7.24. The molecular weight excluding hydrogens is 361 g/mol. The number of hydrogen-bond acceptors (Lipinski definition) is 1. The number of ether oxygens (including phenoxy) is 1. The Bertz CT molecular complexity index is 579. The molecule has 0 bridgehead atoms. The van der Waals surface area contributed by atoms with E-state index in [2.05, 4.69) is 11.7 Å². The zero-order chi connectivity index (χ0) is 19.9. The summed E-state index contributed by atoms with van der Waals surface area (Å²) in [6.07, 6.45) is 15.3. The van der Waals surface area contributed by atoms with Gasteiger partial charge >= 0.3 is 0 Å². The fourth-order valence-corrected chi connectivity index (χ4v) is 5.56. The predicted molar refractivity (Wildman–Crippen MR) is 107 cm³/mol. The van der Waals surface area contributed by atoms with Crippen LogP contribution < -0.4 is 4.74 Å². The van der Waals surface area contributed by atoms with E-state index < -0.39 is 24.2 Å². The Hall–Kier alpha value is -1.19. The molecule has 0 aromatic heterocycles. The first-order valence-corrected chi connectivity index (χ1v) is 11.3. The molecule has 28 heavy (non-hydrogen) atoms. The first-order chi connectivity index (χ1) is 13.6. The van der Waals surface area contributed by atoms with E-state index in [9.17, 15) is 13.2 Å². The van der Waals surface area contributed by atoms with Gasteiger partial charge in [0.25, 0.3) is 0 Å². The van der Waals surface area contributed by atoms with E-state index in [0.29, 0.717) is 5.56 Å². The summed E-state index contributed by atoms with van der Waals surface area (Å²) in [5.74, 6) is 0.567. The molecule has 1 aromatic carbocycles. The molecule has 2 saturated carbocycles. The Morgan fingerprint density at radius 1 is 0.857 bits per heavy atom. The molecule has 0 heterocycles. The first-order valence-electron chi connectivity index (χ1n) is 11.3. The van der Waals surface area contributed by atoms with Crippen molar-refractivity contribution in [3.05, 3.63) is 29.3 Å². The molecule has 2 aliphatic rings. The lowest BCUT2D eigenvalue weighted by Crippen LogP contribution is -2.25. The SMILES string of the molecule is CCCCCC1CCC(C2CCC(c3cc(F)c(OCF)c(F)c3)CC2)CC1. The minimum atomic E-state index is -1.22. The van der Waals surface area contributed by atoms with Gasteiger partial charge in [-0.05, 0) is 79.9 Å². The summed E-state index contributed by atoms with van der Waals surface area (Å²) in [5.41, 5.74) is 0.694. The van der Waals surface area contributed by atoms with Crippen LogP contribution in [0.1, 0.15) is 95.5 Å². The molecule has 158 valence electrons. The van der Waals surface area contributed by atoms with E-state index in [1.807, 2.05) is 0 Å². The second kappa shape index (κ2) is 10.5. The van der Waals surface area contributed by atoms with E-state index in [1.165, 1.54) is 63.5 Å². The third kappa shape index (κ3) is 5.45. The summed E-state index contributed by atoms with van der Waals surface area (Å²) in [4.78, 5) is 0. The van der Waals surface area contributed by atoms with Gasteiger partial charge in [0.05, 0.1) is 0 Å². The number of unbranched alkanes of at least 4 members (excludes halogenated alkanes) is 2. The molecule has 0 unspecified atom stereocenters. The molecule has 0 radical (unpaired) electrons. The van der Waals surface area contributed by atoms with Crippen LogP contribution in [0.4, 0.5) is 13.2 Å². The number of alkyl halides is 1. The van der Waals surface area contributed by atoms with Crippen LogP contribution in [0.5, 0.6) is 5.75 Å². The van der Waals surface area contributed by atoms with Crippen LogP contribution in [0, 0.1) is 29.4 Å². The second-order valence-electron chi connectivity index (χ2n) is 8.96. The zero-order valence-electron chi connectivity index (χ0n) is 17.2. The van der Waals surface area contributed by atoms with E-state index >= 15 is 0 Å². The van der Waals surface area contributed by atoms with E-state index in [4.69, 9.17) is 0 Å². The van der Waals surface area contributed by atoms with Crippen molar-refractivity contribution in [3.63, 3.8) is 0 Å². The van der Waals surface area contributed by atoms with Gasteiger partial charge in [0.15, 0.2) is 17.4 Å². The van der Waals surface area contributed by atoms with Gasteiger partial charge < -0.3 is 4.74 Å². The molecule has 0 saturated heterocycles. The summed E-state index contributed by atoms with van der Waals surface area (Å²) in [6.45, 7) is 1.04. The molecule has 0 N–H and O–H groups in total. The molecular formula is C24H35F3O. The Morgan fingerprint density at radius 2 is 1.43 bits per heavy atom. The highest BCUT2D eigenvalue weighted by atomic mass is 19.1. The first kappa shape index (κ1) is 21.5. The molecule has 0 amide bonds. The normalized spacial score (nSPS) is 28.3. The largest absolute Gasteiger partial charge is 0.457 e. The minimum Gasteiger partial charge on any atom is -0.457 e. The lowest BCUT2D eigenvalue weighted by Gasteiger charge is -2.38. The summed E-state index contributed by atoms with van der Waals surface area (Å²) in [7, 11) is 0. The Kier molecular flexibility index (Phi) is 8.11. The fraction of sp³-hybridized carbons (Fsp3) is 0.750. The number of rotatable bonds is 8. The van der Waals surface area contributed by atoms with Gasteiger partial charge in [-0.3, -0.25) is 0 Å². The quantitative estimate of drug-likeness (QED) is 0.405. The molecule has 3 rings (SSSR count). The average molecular weight is 397 g/mol. The van der Waals surface area contributed by atoms with Crippen LogP contribution in [0.2, 0.25) is 0 Å². The van der Waals surface area contributed by atoms with Gasteiger partial charge in [0.2, 0.25) is 6.86 Å². The van der Waals surface area contributed by atoms with Gasteiger partial charge in [0.1, 0.15) is 0 Å². The lowest BCUT2D eigenvalue weighted by molar-refractivity contribution is 0.155. The van der Waals surface area contributed by atoms with Gasteiger partial charge in [-0.25, -0.2) is 13.2 Å². The van der Waals surface area contributed by atoms with Crippen molar-refractivity contribution in [2.45, 2.75) is 89.9 Å². The van der Waals surface area contributed by atoms with Gasteiger partial charge in [0, 0.05) is 0 Å². The average Bonchev–Trinajstić information content (AvgIpc) is 2.71. The smallest absolute Gasteiger partial charge is 0.228 e. The molecule has 0 atom stereocenters. The highest BCUT2D eigenvalue weighted by Crippen LogP contribution is 2.45. The minimum absolute atomic E-state index is 0.199. The van der Waals surface area contributed by atoms with Crippen LogP contribution in [0.3, 0.4) is 0 Å². The topological polar surface area (TPSA) is 9.23 Å². The lowest BCUT2D eigenvalue weighted by atomic mass is 9.68. The maximum atomic E-state index is 14.0. The van der Waals surface area contributed by atoms with E-state index in [1.54, 1.807) is 0 Å². The van der Waals surface area contributed by atoms with Crippen molar-refractivity contribution in [1.29, 1.82) is 0 Å². The zero-order valence-corrected chi connectivity index (χ0v) is 17.2. The molecule has 2 aliphatic carbocycles. The summed E-state index contributed by atoms with van der Waals surface area (Å²) < 4.78 is 44.8. The summed E-state index contributed by atoms with van der Waals surface area (Å²) in [5, 5.41) is 0. The van der Waals surface area contributed by atoms with Crippen molar-refractivity contribution < 1.29 is 17.9 Å². The fourth-order valence-electron chi connectivity index (χ4n) is 5.56. The monoisotopic (exact) mass is 396 g/mol. The Labute approximate surface area is 168 Å². The van der Waals surface area contributed by atoms with Gasteiger partial charge in [-0.1, -0.05) is 45.4 Å². The van der Waals surface area contributed by atoms with Crippen LogP contribution in [0.15, 0.2) is 12.1 Å². The maximum Gasteiger partial charge on any atom is 0.228 e. The van der Waals surface area contributed by atoms with Crippen molar-refractivity contribution in [2.24, 2.45) is 17.8 Å².